The van der Waals surface area contributed by atoms with Crippen LogP contribution in [0.15, 0.2) is 48.9 Å². The third kappa shape index (κ3) is 4.01. The second kappa shape index (κ2) is 8.43. The molecule has 1 amide bonds. The lowest BCUT2D eigenvalue weighted by Crippen LogP contribution is -2.35. The Morgan fingerprint density at radius 3 is 3.04 bits per heavy atom. The number of hydrogen-bond acceptors (Lipinski definition) is 6. The largest absolute Gasteiger partial charge is 0.494 e. The van der Waals surface area contributed by atoms with Gasteiger partial charge in [-0.25, -0.2) is 9.97 Å². The van der Waals surface area contributed by atoms with Crippen LogP contribution in [0.5, 0.6) is 0 Å². The SMILES string of the molecule is CCc1ccc2nc(N(CCCn3ccnc3)C(=O)C3=COCCO3)sc2c1. The summed E-state index contributed by atoms with van der Waals surface area (Å²) in [5.41, 5.74) is 2.16. The van der Waals surface area contributed by atoms with Gasteiger partial charge >= 0.3 is 0 Å². The predicted octanol–water partition coefficient (Wildman–Crippen LogP) is 3.37. The Bertz CT molecular complexity index is 981. The number of ether oxygens (including phenoxy) is 2. The molecule has 0 unspecified atom stereocenters. The number of aromatic nitrogens is 3. The van der Waals surface area contributed by atoms with Crippen LogP contribution in [-0.2, 0) is 27.2 Å². The number of nitrogens with zero attached hydrogens (tertiary/aromatic N) is 4. The van der Waals surface area contributed by atoms with Gasteiger partial charge in [-0.05, 0) is 30.5 Å². The van der Waals surface area contributed by atoms with Gasteiger partial charge in [-0.15, -0.1) is 0 Å². The second-order valence-electron chi connectivity index (χ2n) is 6.46. The van der Waals surface area contributed by atoms with E-state index in [1.807, 2.05) is 16.8 Å². The van der Waals surface area contributed by atoms with Gasteiger partial charge in [0.1, 0.15) is 19.5 Å². The molecule has 0 radical (unpaired) electrons. The highest BCUT2D eigenvalue weighted by atomic mass is 32.1. The molecule has 0 saturated carbocycles. The van der Waals surface area contributed by atoms with Crippen molar-refractivity contribution in [2.75, 3.05) is 24.7 Å². The summed E-state index contributed by atoms with van der Waals surface area (Å²) in [5.74, 6) is 0.00230. The van der Waals surface area contributed by atoms with Crippen molar-refractivity contribution < 1.29 is 14.3 Å². The monoisotopic (exact) mass is 398 g/mol. The lowest BCUT2D eigenvalue weighted by molar-refractivity contribution is -0.119. The molecule has 0 saturated heterocycles. The highest BCUT2D eigenvalue weighted by Gasteiger charge is 2.26. The van der Waals surface area contributed by atoms with Gasteiger partial charge in [-0.2, -0.15) is 0 Å². The zero-order valence-electron chi connectivity index (χ0n) is 15.7. The summed E-state index contributed by atoms with van der Waals surface area (Å²) in [6, 6.07) is 6.24. The highest BCUT2D eigenvalue weighted by Crippen LogP contribution is 2.31. The number of benzene rings is 1. The van der Waals surface area contributed by atoms with Gasteiger partial charge in [-0.1, -0.05) is 24.3 Å². The van der Waals surface area contributed by atoms with Gasteiger partial charge in [0.2, 0.25) is 5.76 Å². The summed E-state index contributed by atoms with van der Waals surface area (Å²) in [5, 5.41) is 0.675. The maximum Gasteiger partial charge on any atom is 0.298 e. The number of hydrogen-bond donors (Lipinski definition) is 0. The normalized spacial score (nSPS) is 13.7. The Labute approximate surface area is 167 Å². The number of fused-ring (bicyclic) bond motifs is 1. The van der Waals surface area contributed by atoms with Crippen LogP contribution in [0, 0.1) is 0 Å². The molecule has 0 spiro atoms. The summed E-state index contributed by atoms with van der Waals surface area (Å²) in [6.45, 7) is 4.25. The molecule has 28 heavy (non-hydrogen) atoms. The first-order valence-electron chi connectivity index (χ1n) is 9.36. The summed E-state index contributed by atoms with van der Waals surface area (Å²) in [4.78, 5) is 23.5. The quantitative estimate of drug-likeness (QED) is 0.610. The standard InChI is InChI=1S/C20H22N4O3S/c1-2-15-4-5-16-18(12-15)28-20(22-16)24(8-3-7-23-9-6-21-14-23)19(25)17-13-26-10-11-27-17/h4-6,9,12-14H,2-3,7-8,10-11H2,1H3. The van der Waals surface area contributed by atoms with E-state index in [0.29, 0.717) is 24.9 Å². The smallest absolute Gasteiger partial charge is 0.298 e. The summed E-state index contributed by atoms with van der Waals surface area (Å²) >= 11 is 1.53. The minimum atomic E-state index is -0.222. The molecule has 0 atom stereocenters. The third-order valence-electron chi connectivity index (χ3n) is 4.54. The zero-order valence-corrected chi connectivity index (χ0v) is 16.5. The van der Waals surface area contributed by atoms with E-state index in [1.165, 1.54) is 23.2 Å². The molecule has 8 heteroatoms. The lowest BCUT2D eigenvalue weighted by atomic mass is 10.2. The van der Waals surface area contributed by atoms with Gasteiger partial charge in [0.05, 0.1) is 16.5 Å². The average molecular weight is 398 g/mol. The Hall–Kier alpha value is -2.87. The van der Waals surface area contributed by atoms with Crippen molar-refractivity contribution >= 4 is 32.6 Å². The summed E-state index contributed by atoms with van der Waals surface area (Å²) < 4.78 is 13.9. The Kier molecular flexibility index (Phi) is 5.57. The lowest BCUT2D eigenvalue weighted by Gasteiger charge is -2.23. The average Bonchev–Trinajstić information content (AvgIpc) is 3.40. The van der Waals surface area contributed by atoms with Crippen LogP contribution in [0.3, 0.4) is 0 Å². The van der Waals surface area contributed by atoms with Gasteiger partial charge in [-0.3, -0.25) is 9.69 Å². The van der Waals surface area contributed by atoms with Crippen molar-refractivity contribution in [3.8, 4) is 0 Å². The molecule has 3 aromatic rings. The van der Waals surface area contributed by atoms with Crippen LogP contribution in [0.1, 0.15) is 18.9 Å². The number of imidazole rings is 1. The molecule has 146 valence electrons. The molecule has 1 aromatic carbocycles. The molecule has 0 aliphatic carbocycles. The summed E-state index contributed by atoms with van der Waals surface area (Å²) in [6.07, 6.45) is 8.58. The molecule has 2 aromatic heterocycles. The molecule has 1 aliphatic heterocycles. The van der Waals surface area contributed by atoms with Crippen LogP contribution in [0.4, 0.5) is 5.13 Å². The van der Waals surface area contributed by atoms with Crippen LogP contribution in [-0.4, -0.2) is 40.2 Å². The third-order valence-corrected chi connectivity index (χ3v) is 5.58. The van der Waals surface area contributed by atoms with E-state index in [9.17, 15) is 4.79 Å². The van der Waals surface area contributed by atoms with Crippen molar-refractivity contribution in [1.82, 2.24) is 14.5 Å². The fraction of sp³-hybridized carbons (Fsp3) is 0.350. The number of carbonyl (C=O) groups excluding carboxylic acids is 1. The van der Waals surface area contributed by atoms with Crippen molar-refractivity contribution in [1.29, 1.82) is 0 Å². The van der Waals surface area contributed by atoms with Gasteiger partial charge in [0, 0.05) is 25.5 Å². The minimum Gasteiger partial charge on any atom is -0.494 e. The van der Waals surface area contributed by atoms with E-state index >= 15 is 0 Å². The number of amides is 1. The molecule has 0 N–H and O–H groups in total. The fourth-order valence-corrected chi connectivity index (χ4v) is 4.07. The van der Waals surface area contributed by atoms with E-state index in [4.69, 9.17) is 14.5 Å². The molecule has 7 nitrogen and oxygen atoms in total. The number of rotatable bonds is 7. The number of anilines is 1. The van der Waals surface area contributed by atoms with Crippen molar-refractivity contribution in [3.63, 3.8) is 0 Å². The van der Waals surface area contributed by atoms with Crippen molar-refractivity contribution in [2.45, 2.75) is 26.3 Å². The first-order valence-corrected chi connectivity index (χ1v) is 10.2. The highest BCUT2D eigenvalue weighted by molar-refractivity contribution is 7.22. The summed E-state index contributed by atoms with van der Waals surface area (Å²) in [7, 11) is 0. The topological polar surface area (TPSA) is 69.5 Å². The van der Waals surface area contributed by atoms with E-state index in [1.54, 1.807) is 17.4 Å². The number of carbonyl (C=O) groups is 1. The fourth-order valence-electron chi connectivity index (χ4n) is 3.02. The van der Waals surface area contributed by atoms with Crippen LogP contribution < -0.4 is 4.90 Å². The van der Waals surface area contributed by atoms with Crippen molar-refractivity contribution in [2.24, 2.45) is 0 Å². The van der Waals surface area contributed by atoms with Crippen LogP contribution in [0.25, 0.3) is 10.2 Å². The van der Waals surface area contributed by atoms with E-state index in [-0.39, 0.29) is 11.7 Å². The maximum atomic E-state index is 13.1. The molecule has 3 heterocycles. The molecular weight excluding hydrogens is 376 g/mol. The molecule has 0 bridgehead atoms. The maximum absolute atomic E-state index is 13.1. The zero-order chi connectivity index (χ0) is 19.3. The second-order valence-corrected chi connectivity index (χ2v) is 7.47. The van der Waals surface area contributed by atoms with Crippen molar-refractivity contribution in [3.05, 3.63) is 54.5 Å². The number of aryl methyl sites for hydroxylation is 2. The van der Waals surface area contributed by atoms with E-state index in [0.717, 1.165) is 29.6 Å². The first kappa shape index (κ1) is 18.5. The molecule has 4 rings (SSSR count). The molecule has 1 aliphatic rings. The Balaban J connectivity index is 1.59. The van der Waals surface area contributed by atoms with E-state index in [2.05, 4.69) is 24.0 Å². The molecular formula is C20H22N4O3S. The number of thiazole rings is 1. The van der Waals surface area contributed by atoms with Crippen LogP contribution in [0.2, 0.25) is 0 Å². The van der Waals surface area contributed by atoms with Gasteiger partial charge in [0.25, 0.3) is 5.91 Å². The van der Waals surface area contributed by atoms with Crippen LogP contribution >= 0.6 is 11.3 Å². The molecule has 0 fully saturated rings. The predicted molar refractivity (Wildman–Crippen MR) is 108 cm³/mol. The first-order chi connectivity index (χ1) is 13.7. The Morgan fingerprint density at radius 2 is 2.29 bits per heavy atom. The van der Waals surface area contributed by atoms with E-state index < -0.39 is 0 Å². The Morgan fingerprint density at radius 1 is 1.36 bits per heavy atom. The minimum absolute atomic E-state index is 0.222. The van der Waals surface area contributed by atoms with Gasteiger partial charge in [0.15, 0.2) is 5.13 Å². The van der Waals surface area contributed by atoms with Gasteiger partial charge < -0.3 is 14.0 Å².